The van der Waals surface area contributed by atoms with Crippen molar-refractivity contribution in [3.63, 3.8) is 0 Å². The number of rotatable bonds is 6. The molecule has 1 N–H and O–H groups in total. The van der Waals surface area contributed by atoms with Crippen molar-refractivity contribution in [1.29, 1.82) is 0 Å². The van der Waals surface area contributed by atoms with Gasteiger partial charge in [-0.25, -0.2) is 0 Å². The number of ether oxygens (including phenoxy) is 2. The maximum atomic E-state index is 13.0. The monoisotopic (exact) mass is 378 g/mol. The first-order chi connectivity index (χ1) is 13.7. The molecule has 3 aromatic rings. The first-order valence-corrected chi connectivity index (χ1v) is 9.36. The van der Waals surface area contributed by atoms with Gasteiger partial charge in [0.15, 0.2) is 0 Å². The molecular formula is C22H22N2O4. The van der Waals surface area contributed by atoms with Crippen LogP contribution in [0.3, 0.4) is 0 Å². The Morgan fingerprint density at radius 2 is 2.04 bits per heavy atom. The Labute approximate surface area is 163 Å². The fourth-order valence-electron chi connectivity index (χ4n) is 3.55. The van der Waals surface area contributed by atoms with Gasteiger partial charge >= 0.3 is 0 Å². The number of hydrogen-bond acceptors (Lipinski definition) is 4. The third-order valence-electron chi connectivity index (χ3n) is 5.02. The summed E-state index contributed by atoms with van der Waals surface area (Å²) in [5, 5.41) is 2.73. The lowest BCUT2D eigenvalue weighted by molar-refractivity contribution is -0.117. The summed E-state index contributed by atoms with van der Waals surface area (Å²) in [4.78, 5) is 25.6. The Morgan fingerprint density at radius 1 is 1.21 bits per heavy atom. The van der Waals surface area contributed by atoms with Gasteiger partial charge in [0.2, 0.25) is 0 Å². The molecule has 0 spiro atoms. The van der Waals surface area contributed by atoms with Crippen molar-refractivity contribution in [3.05, 3.63) is 60.4 Å². The molecule has 0 aliphatic carbocycles. The molecule has 1 aliphatic rings. The van der Waals surface area contributed by atoms with Crippen molar-refractivity contribution in [3.8, 4) is 16.9 Å². The molecule has 1 aromatic carbocycles. The molecule has 2 aromatic heterocycles. The van der Waals surface area contributed by atoms with Gasteiger partial charge in [0, 0.05) is 30.4 Å². The lowest BCUT2D eigenvalue weighted by Crippen LogP contribution is -2.37. The average molecular weight is 378 g/mol. The van der Waals surface area contributed by atoms with E-state index in [-0.39, 0.29) is 6.10 Å². The van der Waals surface area contributed by atoms with Gasteiger partial charge in [0.1, 0.15) is 11.4 Å². The maximum absolute atomic E-state index is 13.0. The molecule has 0 radical (unpaired) electrons. The van der Waals surface area contributed by atoms with E-state index in [1.54, 1.807) is 17.7 Å². The number of aromatic nitrogens is 1. The summed E-state index contributed by atoms with van der Waals surface area (Å²) < 4.78 is 12.5. The topological polar surface area (TPSA) is 69.0 Å². The first kappa shape index (κ1) is 18.3. The number of pyridine rings is 1. The van der Waals surface area contributed by atoms with Crippen LogP contribution < -0.4 is 10.1 Å². The molecule has 1 atom stereocenters. The number of fused-ring (bicyclic) bond motifs is 1. The van der Waals surface area contributed by atoms with Crippen LogP contribution in [0.15, 0.2) is 54.7 Å². The SMILES string of the molecule is COc1ccc(-c2cc3ccccn3c2C(=O)C(=O)NC[C@H]2CCCO2)cc1. The van der Waals surface area contributed by atoms with Crippen molar-refractivity contribution in [2.75, 3.05) is 20.3 Å². The van der Waals surface area contributed by atoms with Crippen molar-refractivity contribution in [1.82, 2.24) is 9.72 Å². The van der Waals surface area contributed by atoms with Crippen LogP contribution in [0, 0.1) is 0 Å². The zero-order chi connectivity index (χ0) is 19.5. The third-order valence-corrected chi connectivity index (χ3v) is 5.02. The predicted molar refractivity (Wildman–Crippen MR) is 106 cm³/mol. The van der Waals surface area contributed by atoms with Gasteiger partial charge in [-0.3, -0.25) is 9.59 Å². The zero-order valence-corrected chi connectivity index (χ0v) is 15.7. The summed E-state index contributed by atoms with van der Waals surface area (Å²) in [6.45, 7) is 1.06. The molecule has 1 fully saturated rings. The van der Waals surface area contributed by atoms with E-state index in [0.29, 0.717) is 24.4 Å². The van der Waals surface area contributed by atoms with Crippen LogP contribution in [0.1, 0.15) is 23.3 Å². The molecule has 28 heavy (non-hydrogen) atoms. The van der Waals surface area contributed by atoms with Gasteiger partial charge in [-0.1, -0.05) is 18.2 Å². The molecule has 0 bridgehead atoms. The predicted octanol–water partition coefficient (Wildman–Crippen LogP) is 3.09. The molecule has 4 rings (SSSR count). The van der Waals surface area contributed by atoms with Crippen LogP contribution >= 0.6 is 0 Å². The highest BCUT2D eigenvalue weighted by Gasteiger charge is 2.26. The lowest BCUT2D eigenvalue weighted by atomic mass is 10.0. The van der Waals surface area contributed by atoms with E-state index in [1.165, 1.54) is 0 Å². The molecule has 6 nitrogen and oxygen atoms in total. The second-order valence-corrected chi connectivity index (χ2v) is 6.80. The number of Topliss-reactive ketones (excluding diaryl/α,β-unsaturated/α-hetero) is 1. The summed E-state index contributed by atoms with van der Waals surface area (Å²) in [6.07, 6.45) is 3.67. The van der Waals surface area contributed by atoms with Crippen LogP contribution in [0.5, 0.6) is 5.75 Å². The summed E-state index contributed by atoms with van der Waals surface area (Å²) in [6, 6.07) is 15.0. The number of methoxy groups -OCH3 is 1. The molecular weight excluding hydrogens is 356 g/mol. The standard InChI is InChI=1S/C22H22N2O4/c1-27-17-9-7-15(8-10-17)19-13-16-5-2-3-11-24(16)20(19)21(25)22(26)23-14-18-6-4-12-28-18/h2-3,5,7-11,13,18H,4,6,12,14H2,1H3,(H,23,26)/t18-/m1/s1. The third kappa shape index (κ3) is 3.51. The number of nitrogens with one attached hydrogen (secondary N) is 1. The minimum atomic E-state index is -0.617. The van der Waals surface area contributed by atoms with Crippen molar-refractivity contribution < 1.29 is 19.1 Å². The smallest absolute Gasteiger partial charge is 0.294 e. The summed E-state index contributed by atoms with van der Waals surface area (Å²) in [5.41, 5.74) is 2.76. The Hall–Kier alpha value is -3.12. The lowest BCUT2D eigenvalue weighted by Gasteiger charge is -2.11. The molecule has 1 amide bonds. The summed E-state index contributed by atoms with van der Waals surface area (Å²) in [7, 11) is 1.61. The molecule has 0 unspecified atom stereocenters. The Morgan fingerprint density at radius 3 is 2.75 bits per heavy atom. The Kier molecular flexibility index (Phi) is 5.12. The fraction of sp³-hybridized carbons (Fsp3) is 0.273. The van der Waals surface area contributed by atoms with Crippen molar-refractivity contribution >= 4 is 17.2 Å². The number of carbonyl (C=O) groups excluding carboxylic acids is 2. The van der Waals surface area contributed by atoms with Crippen LogP contribution in [0.2, 0.25) is 0 Å². The molecule has 6 heteroatoms. The number of hydrogen-bond donors (Lipinski definition) is 1. The van der Waals surface area contributed by atoms with E-state index in [2.05, 4.69) is 5.32 Å². The normalized spacial score (nSPS) is 16.2. The van der Waals surface area contributed by atoms with Crippen molar-refractivity contribution in [2.24, 2.45) is 0 Å². The quantitative estimate of drug-likeness (QED) is 0.529. The number of ketones is 1. The van der Waals surface area contributed by atoms with Gasteiger partial charge in [0.05, 0.1) is 13.2 Å². The highest BCUT2D eigenvalue weighted by molar-refractivity contribution is 6.43. The summed E-state index contributed by atoms with van der Waals surface area (Å²) in [5.74, 6) is -0.446. The minimum Gasteiger partial charge on any atom is -0.497 e. The van der Waals surface area contributed by atoms with Crippen LogP contribution in [0.4, 0.5) is 0 Å². The van der Waals surface area contributed by atoms with Crippen molar-refractivity contribution in [2.45, 2.75) is 18.9 Å². The average Bonchev–Trinajstić information content (AvgIpc) is 3.39. The van der Waals surface area contributed by atoms with E-state index in [0.717, 1.165) is 29.7 Å². The molecule has 144 valence electrons. The molecule has 3 heterocycles. The first-order valence-electron chi connectivity index (χ1n) is 9.36. The maximum Gasteiger partial charge on any atom is 0.294 e. The summed E-state index contributed by atoms with van der Waals surface area (Å²) >= 11 is 0. The number of benzene rings is 1. The van der Waals surface area contributed by atoms with Crippen LogP contribution in [-0.4, -0.2) is 42.5 Å². The molecule has 1 aliphatic heterocycles. The second-order valence-electron chi connectivity index (χ2n) is 6.80. The van der Waals surface area contributed by atoms with E-state index < -0.39 is 11.7 Å². The van der Waals surface area contributed by atoms with Gasteiger partial charge in [0.25, 0.3) is 11.7 Å². The number of carbonyl (C=O) groups is 2. The van der Waals surface area contributed by atoms with Gasteiger partial charge in [-0.05, 0) is 48.7 Å². The molecule has 0 saturated carbocycles. The number of nitrogens with zero attached hydrogens (tertiary/aromatic N) is 1. The number of amides is 1. The van der Waals surface area contributed by atoms with E-state index in [4.69, 9.17) is 9.47 Å². The minimum absolute atomic E-state index is 0.0122. The van der Waals surface area contributed by atoms with E-state index >= 15 is 0 Å². The second kappa shape index (κ2) is 7.86. The van der Waals surface area contributed by atoms with Gasteiger partial charge in [-0.15, -0.1) is 0 Å². The Bertz CT molecular complexity index is 1000. The largest absolute Gasteiger partial charge is 0.497 e. The van der Waals surface area contributed by atoms with E-state index in [9.17, 15) is 9.59 Å². The highest BCUT2D eigenvalue weighted by Crippen LogP contribution is 2.29. The van der Waals surface area contributed by atoms with Crippen LogP contribution in [-0.2, 0) is 9.53 Å². The van der Waals surface area contributed by atoms with Gasteiger partial charge < -0.3 is 19.2 Å². The van der Waals surface area contributed by atoms with Gasteiger partial charge in [-0.2, -0.15) is 0 Å². The highest BCUT2D eigenvalue weighted by atomic mass is 16.5. The zero-order valence-electron chi connectivity index (χ0n) is 15.7. The molecule has 1 saturated heterocycles. The van der Waals surface area contributed by atoms with Crippen LogP contribution in [0.25, 0.3) is 16.6 Å². The Balaban J connectivity index is 1.67. The fourth-order valence-corrected chi connectivity index (χ4v) is 3.55. The van der Waals surface area contributed by atoms with E-state index in [1.807, 2.05) is 48.5 Å².